The summed E-state index contributed by atoms with van der Waals surface area (Å²) in [7, 11) is 3.30. The van der Waals surface area contributed by atoms with Crippen molar-refractivity contribution in [1.82, 2.24) is 4.57 Å². The van der Waals surface area contributed by atoms with Gasteiger partial charge in [0.1, 0.15) is 0 Å². The molecule has 0 saturated carbocycles. The first-order valence-electron chi connectivity index (χ1n) is 5.68. The minimum Gasteiger partial charge on any atom is -0.463 e. The highest BCUT2D eigenvalue weighted by atomic mass is 16.5. The van der Waals surface area contributed by atoms with E-state index in [4.69, 9.17) is 4.42 Å². The van der Waals surface area contributed by atoms with E-state index in [9.17, 15) is 4.79 Å². The second kappa shape index (κ2) is 3.63. The first-order chi connectivity index (χ1) is 8.61. The van der Waals surface area contributed by atoms with Crippen molar-refractivity contribution in [2.75, 3.05) is 7.11 Å². The number of rotatable bonds is 1. The van der Waals surface area contributed by atoms with Crippen molar-refractivity contribution in [3.8, 4) is 0 Å². The SMILES string of the molecule is COC(=O)c1cc2c(o1)c1ccc(C)cc1n2C. The van der Waals surface area contributed by atoms with Crippen LogP contribution >= 0.6 is 0 Å². The Morgan fingerprint density at radius 1 is 1.28 bits per heavy atom. The number of hydrogen-bond donors (Lipinski definition) is 0. The first kappa shape index (κ1) is 10.9. The van der Waals surface area contributed by atoms with E-state index >= 15 is 0 Å². The Morgan fingerprint density at radius 3 is 2.78 bits per heavy atom. The number of hydrogen-bond acceptors (Lipinski definition) is 3. The maximum atomic E-state index is 11.5. The minimum atomic E-state index is -0.452. The lowest BCUT2D eigenvalue weighted by atomic mass is 10.2. The molecular formula is C14H13NO3. The molecular weight excluding hydrogens is 230 g/mol. The third-order valence-electron chi connectivity index (χ3n) is 3.22. The van der Waals surface area contributed by atoms with Gasteiger partial charge in [-0.05, 0) is 24.6 Å². The van der Waals surface area contributed by atoms with Crippen LogP contribution in [0.5, 0.6) is 0 Å². The zero-order valence-corrected chi connectivity index (χ0v) is 10.5. The predicted octanol–water partition coefficient (Wildman–Crippen LogP) is 3.02. The lowest BCUT2D eigenvalue weighted by molar-refractivity contribution is 0.0568. The van der Waals surface area contributed by atoms with Crippen LogP contribution in [0.1, 0.15) is 16.1 Å². The van der Waals surface area contributed by atoms with Crippen LogP contribution in [0.3, 0.4) is 0 Å². The van der Waals surface area contributed by atoms with E-state index in [0.717, 1.165) is 22.0 Å². The standard InChI is InChI=1S/C14H13NO3/c1-8-4-5-9-10(6-8)15(2)11-7-12(14(16)17-3)18-13(9)11/h4-7H,1-3H3. The molecule has 0 atom stereocenters. The number of carbonyl (C=O) groups excluding carboxylic acids is 1. The molecule has 0 N–H and O–H groups in total. The largest absolute Gasteiger partial charge is 0.463 e. The highest BCUT2D eigenvalue weighted by Gasteiger charge is 2.18. The van der Waals surface area contributed by atoms with Gasteiger partial charge in [0, 0.05) is 18.5 Å². The molecule has 0 saturated heterocycles. The predicted molar refractivity (Wildman–Crippen MR) is 68.8 cm³/mol. The summed E-state index contributed by atoms with van der Waals surface area (Å²) in [5.41, 5.74) is 3.92. The molecule has 0 unspecified atom stereocenters. The molecule has 0 aliphatic carbocycles. The van der Waals surface area contributed by atoms with E-state index in [0.29, 0.717) is 0 Å². The van der Waals surface area contributed by atoms with E-state index < -0.39 is 5.97 Å². The van der Waals surface area contributed by atoms with Crippen molar-refractivity contribution in [2.24, 2.45) is 7.05 Å². The maximum Gasteiger partial charge on any atom is 0.374 e. The molecule has 3 aromatic rings. The highest BCUT2D eigenvalue weighted by Crippen LogP contribution is 2.31. The monoisotopic (exact) mass is 243 g/mol. The number of nitrogens with zero attached hydrogens (tertiary/aromatic N) is 1. The van der Waals surface area contributed by atoms with Gasteiger partial charge in [-0.25, -0.2) is 4.79 Å². The van der Waals surface area contributed by atoms with E-state index in [1.807, 2.05) is 30.7 Å². The van der Waals surface area contributed by atoms with Gasteiger partial charge in [-0.15, -0.1) is 0 Å². The van der Waals surface area contributed by atoms with Gasteiger partial charge in [-0.2, -0.15) is 0 Å². The summed E-state index contributed by atoms with van der Waals surface area (Å²) in [6.45, 7) is 2.05. The number of aromatic nitrogens is 1. The summed E-state index contributed by atoms with van der Waals surface area (Å²) >= 11 is 0. The summed E-state index contributed by atoms with van der Waals surface area (Å²) < 4.78 is 12.3. The fourth-order valence-electron chi connectivity index (χ4n) is 2.27. The minimum absolute atomic E-state index is 0.237. The second-order valence-electron chi connectivity index (χ2n) is 4.40. The fraction of sp³-hybridized carbons (Fsp3) is 0.214. The van der Waals surface area contributed by atoms with Gasteiger partial charge < -0.3 is 13.7 Å². The zero-order valence-electron chi connectivity index (χ0n) is 10.5. The van der Waals surface area contributed by atoms with Crippen LogP contribution in [0, 0.1) is 6.92 Å². The molecule has 2 aromatic heterocycles. The van der Waals surface area contributed by atoms with Crippen LogP contribution in [-0.4, -0.2) is 17.6 Å². The molecule has 0 bridgehead atoms. The van der Waals surface area contributed by atoms with Crippen molar-refractivity contribution in [2.45, 2.75) is 6.92 Å². The normalized spacial score (nSPS) is 11.3. The molecule has 0 aliphatic heterocycles. The molecule has 18 heavy (non-hydrogen) atoms. The molecule has 0 radical (unpaired) electrons. The van der Waals surface area contributed by atoms with Crippen LogP contribution < -0.4 is 0 Å². The van der Waals surface area contributed by atoms with Crippen molar-refractivity contribution in [3.05, 3.63) is 35.6 Å². The Morgan fingerprint density at radius 2 is 2.06 bits per heavy atom. The van der Waals surface area contributed by atoms with Crippen LogP contribution in [0.15, 0.2) is 28.7 Å². The summed E-state index contributed by atoms with van der Waals surface area (Å²) in [4.78, 5) is 11.5. The van der Waals surface area contributed by atoms with Gasteiger partial charge in [0.05, 0.1) is 18.1 Å². The molecule has 4 heteroatoms. The zero-order chi connectivity index (χ0) is 12.9. The van der Waals surface area contributed by atoms with Gasteiger partial charge in [0.2, 0.25) is 5.76 Å². The van der Waals surface area contributed by atoms with Crippen molar-refractivity contribution < 1.29 is 13.9 Å². The molecule has 92 valence electrons. The van der Waals surface area contributed by atoms with Crippen LogP contribution in [-0.2, 0) is 11.8 Å². The average Bonchev–Trinajstić information content (AvgIpc) is 2.90. The van der Waals surface area contributed by atoms with Gasteiger partial charge >= 0.3 is 5.97 Å². The number of esters is 1. The van der Waals surface area contributed by atoms with E-state index in [1.165, 1.54) is 12.7 Å². The van der Waals surface area contributed by atoms with Crippen molar-refractivity contribution >= 4 is 28.0 Å². The van der Waals surface area contributed by atoms with Gasteiger partial charge in [0.25, 0.3) is 0 Å². The Hall–Kier alpha value is -2.23. The number of methoxy groups -OCH3 is 1. The third-order valence-corrected chi connectivity index (χ3v) is 3.22. The number of ether oxygens (including phenoxy) is 1. The van der Waals surface area contributed by atoms with Gasteiger partial charge in [-0.3, -0.25) is 0 Å². The Labute approximate surface area is 104 Å². The van der Waals surface area contributed by atoms with E-state index in [-0.39, 0.29) is 5.76 Å². The third kappa shape index (κ3) is 1.35. The molecule has 0 amide bonds. The van der Waals surface area contributed by atoms with Crippen molar-refractivity contribution in [3.63, 3.8) is 0 Å². The van der Waals surface area contributed by atoms with Gasteiger partial charge in [-0.1, -0.05) is 6.07 Å². The number of aryl methyl sites for hydroxylation is 2. The van der Waals surface area contributed by atoms with Crippen molar-refractivity contribution in [1.29, 1.82) is 0 Å². The fourth-order valence-corrected chi connectivity index (χ4v) is 2.27. The average molecular weight is 243 g/mol. The number of carbonyl (C=O) groups is 1. The number of fused-ring (bicyclic) bond motifs is 3. The summed E-state index contributed by atoms with van der Waals surface area (Å²) in [6.07, 6.45) is 0. The Bertz CT molecular complexity index is 764. The molecule has 4 nitrogen and oxygen atoms in total. The summed E-state index contributed by atoms with van der Waals surface area (Å²) in [5.74, 6) is -0.216. The summed E-state index contributed by atoms with van der Waals surface area (Å²) in [5, 5.41) is 1.01. The molecule has 3 rings (SSSR count). The van der Waals surface area contributed by atoms with Crippen LogP contribution in [0.25, 0.3) is 22.0 Å². The number of furan rings is 1. The smallest absolute Gasteiger partial charge is 0.374 e. The molecule has 1 aromatic carbocycles. The van der Waals surface area contributed by atoms with E-state index in [1.54, 1.807) is 6.07 Å². The Balaban J connectivity index is 2.36. The summed E-state index contributed by atoms with van der Waals surface area (Å²) in [6, 6.07) is 7.86. The van der Waals surface area contributed by atoms with E-state index in [2.05, 4.69) is 10.8 Å². The van der Waals surface area contributed by atoms with Crippen LogP contribution in [0.4, 0.5) is 0 Å². The molecule has 0 spiro atoms. The molecule has 0 aliphatic rings. The first-order valence-corrected chi connectivity index (χ1v) is 5.68. The highest BCUT2D eigenvalue weighted by molar-refractivity contribution is 6.07. The van der Waals surface area contributed by atoms with Crippen LogP contribution in [0.2, 0.25) is 0 Å². The lowest BCUT2D eigenvalue weighted by Gasteiger charge is -1.98. The maximum absolute atomic E-state index is 11.5. The molecule has 0 fully saturated rings. The lowest BCUT2D eigenvalue weighted by Crippen LogP contribution is -1.98. The topological polar surface area (TPSA) is 44.4 Å². The molecule has 2 heterocycles. The quantitative estimate of drug-likeness (QED) is 0.617. The van der Waals surface area contributed by atoms with Gasteiger partial charge in [0.15, 0.2) is 5.58 Å². The number of benzene rings is 1. The second-order valence-corrected chi connectivity index (χ2v) is 4.40. The Kier molecular flexibility index (Phi) is 2.20.